The van der Waals surface area contributed by atoms with Crippen molar-refractivity contribution in [3.8, 4) is 11.5 Å². The number of nitrogens with zero attached hydrogens (tertiary/aromatic N) is 4. The van der Waals surface area contributed by atoms with E-state index in [1.165, 1.54) is 30.1 Å². The third-order valence-electron chi connectivity index (χ3n) is 4.31. The second-order valence-corrected chi connectivity index (χ2v) is 6.31. The molecule has 0 fully saturated rings. The molecule has 0 aliphatic rings. The first-order chi connectivity index (χ1) is 13.4. The van der Waals surface area contributed by atoms with E-state index in [0.717, 1.165) is 0 Å². The molecular weight excluding hydrogens is 358 g/mol. The van der Waals surface area contributed by atoms with Crippen LogP contribution in [0.2, 0.25) is 0 Å². The van der Waals surface area contributed by atoms with Crippen molar-refractivity contribution in [2.75, 3.05) is 5.32 Å². The molecule has 2 heterocycles. The van der Waals surface area contributed by atoms with Gasteiger partial charge in [-0.2, -0.15) is 0 Å². The summed E-state index contributed by atoms with van der Waals surface area (Å²) in [5.41, 5.74) is 2.21. The molecule has 28 heavy (non-hydrogen) atoms. The molecule has 0 saturated heterocycles. The molecule has 0 saturated carbocycles. The van der Waals surface area contributed by atoms with Gasteiger partial charge in [0.15, 0.2) is 11.6 Å². The summed E-state index contributed by atoms with van der Waals surface area (Å²) in [5.74, 6) is -0.171. The summed E-state index contributed by atoms with van der Waals surface area (Å²) in [6, 6.07) is 6.54. The van der Waals surface area contributed by atoms with Gasteiger partial charge in [-0.3, -0.25) is 23.9 Å². The van der Waals surface area contributed by atoms with Crippen LogP contribution in [-0.2, 0) is 11.3 Å². The zero-order valence-corrected chi connectivity index (χ0v) is 15.8. The van der Waals surface area contributed by atoms with Crippen LogP contribution in [0.4, 0.5) is 5.69 Å². The lowest BCUT2D eigenvalue weighted by Crippen LogP contribution is -2.32. The number of hydrogen-bond donors (Lipinski definition) is 1. The van der Waals surface area contributed by atoms with E-state index < -0.39 is 5.91 Å². The number of nitrogens with one attached hydrogen (secondary N) is 1. The van der Waals surface area contributed by atoms with Crippen molar-refractivity contribution in [1.29, 1.82) is 0 Å². The third kappa shape index (κ3) is 4.01. The van der Waals surface area contributed by atoms with Gasteiger partial charge in [-0.1, -0.05) is 0 Å². The largest absolute Gasteiger partial charge is 0.325 e. The van der Waals surface area contributed by atoms with Gasteiger partial charge in [0.2, 0.25) is 5.91 Å². The van der Waals surface area contributed by atoms with Gasteiger partial charge < -0.3 is 5.32 Å². The first kappa shape index (κ1) is 19.1. The molecule has 0 bridgehead atoms. The molecule has 0 aliphatic carbocycles. The number of amides is 1. The van der Waals surface area contributed by atoms with Crippen LogP contribution in [0, 0.1) is 13.8 Å². The summed E-state index contributed by atoms with van der Waals surface area (Å²) in [6.07, 6.45) is 4.51. The fourth-order valence-electron chi connectivity index (χ4n) is 2.65. The molecule has 1 N–H and O–H groups in total. The highest BCUT2D eigenvalue weighted by Gasteiger charge is 2.17. The number of carbonyl (C=O) groups is 2. The maximum atomic E-state index is 12.7. The van der Waals surface area contributed by atoms with Gasteiger partial charge in [-0.25, -0.2) is 9.97 Å². The van der Waals surface area contributed by atoms with E-state index >= 15 is 0 Å². The fourth-order valence-corrected chi connectivity index (χ4v) is 2.65. The molecule has 8 nitrogen and oxygen atoms in total. The molecule has 0 spiro atoms. The Bertz CT molecular complexity index is 1090. The van der Waals surface area contributed by atoms with Crippen LogP contribution in [0.25, 0.3) is 11.5 Å². The van der Waals surface area contributed by atoms with Crippen LogP contribution in [-0.4, -0.2) is 31.2 Å². The molecule has 0 unspecified atom stereocenters. The van der Waals surface area contributed by atoms with Crippen molar-refractivity contribution in [1.82, 2.24) is 19.5 Å². The minimum atomic E-state index is -0.395. The third-order valence-corrected chi connectivity index (χ3v) is 4.31. The summed E-state index contributed by atoms with van der Waals surface area (Å²) in [5, 5.41) is 2.72. The van der Waals surface area contributed by atoms with Crippen molar-refractivity contribution in [3.05, 3.63) is 70.0 Å². The Morgan fingerprint density at radius 3 is 2.43 bits per heavy atom. The topological polar surface area (TPSA) is 107 Å². The van der Waals surface area contributed by atoms with E-state index in [0.29, 0.717) is 28.2 Å². The van der Waals surface area contributed by atoms with E-state index in [9.17, 15) is 14.4 Å². The van der Waals surface area contributed by atoms with Gasteiger partial charge in [0.25, 0.3) is 5.56 Å². The lowest BCUT2D eigenvalue weighted by Gasteiger charge is -2.14. The summed E-state index contributed by atoms with van der Waals surface area (Å²) in [4.78, 5) is 49.3. The minimum Gasteiger partial charge on any atom is -0.325 e. The number of ketones is 1. The highest BCUT2D eigenvalue weighted by Crippen LogP contribution is 2.14. The molecule has 1 amide bonds. The Kier molecular flexibility index (Phi) is 5.39. The van der Waals surface area contributed by atoms with Gasteiger partial charge in [-0.15, -0.1) is 0 Å². The Morgan fingerprint density at radius 1 is 1.11 bits per heavy atom. The number of anilines is 1. The predicted octanol–water partition coefficient (Wildman–Crippen LogP) is 2.16. The molecule has 0 aliphatic heterocycles. The van der Waals surface area contributed by atoms with E-state index in [-0.39, 0.29) is 23.7 Å². The lowest BCUT2D eigenvalue weighted by atomic mass is 10.1. The predicted molar refractivity (Wildman–Crippen MR) is 104 cm³/mol. The second kappa shape index (κ2) is 7.91. The quantitative estimate of drug-likeness (QED) is 0.683. The number of benzene rings is 1. The molecule has 8 heteroatoms. The molecule has 3 rings (SSSR count). The van der Waals surface area contributed by atoms with Gasteiger partial charge in [0.05, 0.1) is 6.20 Å². The van der Waals surface area contributed by atoms with E-state index in [1.54, 1.807) is 38.1 Å². The van der Waals surface area contributed by atoms with Crippen molar-refractivity contribution in [2.24, 2.45) is 0 Å². The van der Waals surface area contributed by atoms with Crippen molar-refractivity contribution >= 4 is 17.4 Å². The Hall–Kier alpha value is -3.68. The number of hydrogen-bond acceptors (Lipinski definition) is 6. The average Bonchev–Trinajstić information content (AvgIpc) is 2.69. The maximum Gasteiger partial charge on any atom is 0.257 e. The van der Waals surface area contributed by atoms with Gasteiger partial charge in [0.1, 0.15) is 12.2 Å². The standard InChI is InChI=1S/C20H19N5O3/c1-12-13(2)23-19(17-10-21-8-9-22-17)25(20(12)28)11-18(27)24-16-6-4-15(5-7-16)14(3)26/h4-10H,11H2,1-3H3,(H,24,27). The lowest BCUT2D eigenvalue weighted by molar-refractivity contribution is -0.116. The molecule has 1 aromatic carbocycles. The maximum absolute atomic E-state index is 12.7. The number of carbonyl (C=O) groups excluding carboxylic acids is 2. The molecule has 2 aromatic heterocycles. The normalized spacial score (nSPS) is 10.5. The Morgan fingerprint density at radius 2 is 1.82 bits per heavy atom. The highest BCUT2D eigenvalue weighted by atomic mass is 16.2. The summed E-state index contributed by atoms with van der Waals surface area (Å²) in [7, 11) is 0. The molecule has 3 aromatic rings. The fraction of sp³-hybridized carbons (Fsp3) is 0.200. The highest BCUT2D eigenvalue weighted by molar-refractivity contribution is 5.95. The molecule has 0 atom stereocenters. The van der Waals surface area contributed by atoms with Crippen LogP contribution in [0.15, 0.2) is 47.7 Å². The monoisotopic (exact) mass is 377 g/mol. The van der Waals surface area contributed by atoms with Crippen LogP contribution in [0.3, 0.4) is 0 Å². The number of aromatic nitrogens is 4. The SMILES string of the molecule is CC(=O)c1ccc(NC(=O)Cn2c(-c3cnccn3)nc(C)c(C)c2=O)cc1. The Balaban J connectivity index is 1.91. The molecule has 142 valence electrons. The number of Topliss-reactive ketones (excluding diaryl/α,β-unsaturated/α-hetero) is 1. The summed E-state index contributed by atoms with van der Waals surface area (Å²) >= 11 is 0. The molecular formula is C20H19N5O3. The Labute approximate surface area is 161 Å². The van der Waals surface area contributed by atoms with E-state index in [2.05, 4.69) is 20.3 Å². The average molecular weight is 377 g/mol. The van der Waals surface area contributed by atoms with Crippen LogP contribution >= 0.6 is 0 Å². The van der Waals surface area contributed by atoms with Crippen molar-refractivity contribution in [2.45, 2.75) is 27.3 Å². The van der Waals surface area contributed by atoms with Gasteiger partial charge in [0, 0.05) is 34.9 Å². The van der Waals surface area contributed by atoms with Gasteiger partial charge >= 0.3 is 0 Å². The zero-order valence-electron chi connectivity index (χ0n) is 15.8. The van der Waals surface area contributed by atoms with Crippen molar-refractivity contribution < 1.29 is 9.59 Å². The zero-order chi connectivity index (χ0) is 20.3. The van der Waals surface area contributed by atoms with Crippen molar-refractivity contribution in [3.63, 3.8) is 0 Å². The van der Waals surface area contributed by atoms with Gasteiger partial charge in [-0.05, 0) is 45.0 Å². The van der Waals surface area contributed by atoms with E-state index in [1.807, 2.05) is 0 Å². The minimum absolute atomic E-state index is 0.0563. The summed E-state index contributed by atoms with van der Waals surface area (Å²) in [6.45, 7) is 4.64. The van der Waals surface area contributed by atoms with Crippen LogP contribution < -0.4 is 10.9 Å². The second-order valence-electron chi connectivity index (χ2n) is 6.31. The first-order valence-corrected chi connectivity index (χ1v) is 8.62. The summed E-state index contributed by atoms with van der Waals surface area (Å²) < 4.78 is 1.28. The van der Waals surface area contributed by atoms with Crippen LogP contribution in [0.5, 0.6) is 0 Å². The molecule has 0 radical (unpaired) electrons. The van der Waals surface area contributed by atoms with Crippen LogP contribution in [0.1, 0.15) is 28.5 Å². The van der Waals surface area contributed by atoms with E-state index in [4.69, 9.17) is 0 Å². The number of rotatable bonds is 5. The number of aryl methyl sites for hydroxylation is 1. The smallest absolute Gasteiger partial charge is 0.257 e. The first-order valence-electron chi connectivity index (χ1n) is 8.62.